The lowest BCUT2D eigenvalue weighted by Gasteiger charge is -2.20. The summed E-state index contributed by atoms with van der Waals surface area (Å²) in [5.74, 6) is 0.267. The van der Waals surface area contributed by atoms with Crippen LogP contribution in [0.4, 0.5) is 0 Å². The summed E-state index contributed by atoms with van der Waals surface area (Å²) in [6, 6.07) is 7.90. The summed E-state index contributed by atoms with van der Waals surface area (Å²) in [7, 11) is 1.66. The van der Waals surface area contributed by atoms with E-state index >= 15 is 0 Å². The van der Waals surface area contributed by atoms with Crippen LogP contribution in [-0.2, 0) is 22.7 Å². The highest BCUT2D eigenvalue weighted by molar-refractivity contribution is 6.19. The number of alkyl halides is 1. The van der Waals surface area contributed by atoms with Crippen molar-refractivity contribution < 1.29 is 9.53 Å². The van der Waals surface area contributed by atoms with Gasteiger partial charge in [0.1, 0.15) is 0 Å². The fourth-order valence-electron chi connectivity index (χ4n) is 1.50. The molecule has 4 heteroatoms. The molecule has 0 spiro atoms. The quantitative estimate of drug-likeness (QED) is 0.807. The molecule has 0 heterocycles. The van der Waals surface area contributed by atoms with Crippen molar-refractivity contribution in [2.24, 2.45) is 5.41 Å². The maximum atomic E-state index is 11.9. The lowest BCUT2D eigenvalue weighted by Crippen LogP contribution is -2.37. The van der Waals surface area contributed by atoms with Crippen LogP contribution in [0.25, 0.3) is 0 Å². The van der Waals surface area contributed by atoms with Crippen molar-refractivity contribution in [1.29, 1.82) is 0 Å². The molecule has 1 aromatic rings. The van der Waals surface area contributed by atoms with Crippen molar-refractivity contribution in [3.63, 3.8) is 0 Å². The lowest BCUT2D eigenvalue weighted by molar-refractivity contribution is -0.128. The van der Waals surface area contributed by atoms with E-state index in [1.807, 2.05) is 38.1 Å². The lowest BCUT2D eigenvalue weighted by atomic mass is 9.95. The second-order valence-electron chi connectivity index (χ2n) is 4.90. The van der Waals surface area contributed by atoms with Gasteiger partial charge in [0.05, 0.1) is 12.0 Å². The van der Waals surface area contributed by atoms with Gasteiger partial charge in [-0.1, -0.05) is 24.3 Å². The summed E-state index contributed by atoms with van der Waals surface area (Å²) in [4.78, 5) is 11.9. The number of rotatable bonds is 6. The van der Waals surface area contributed by atoms with Crippen LogP contribution in [0.3, 0.4) is 0 Å². The highest BCUT2D eigenvalue weighted by Gasteiger charge is 2.26. The van der Waals surface area contributed by atoms with Crippen LogP contribution in [0.15, 0.2) is 24.3 Å². The van der Waals surface area contributed by atoms with Gasteiger partial charge in [0.15, 0.2) is 0 Å². The number of halogens is 1. The zero-order valence-electron chi connectivity index (χ0n) is 11.1. The smallest absolute Gasteiger partial charge is 0.227 e. The zero-order chi connectivity index (χ0) is 13.6. The number of carbonyl (C=O) groups is 1. The number of amides is 1. The number of hydrogen-bond donors (Lipinski definition) is 1. The van der Waals surface area contributed by atoms with Gasteiger partial charge < -0.3 is 10.1 Å². The summed E-state index contributed by atoms with van der Waals surface area (Å²) in [5, 5.41) is 2.91. The van der Waals surface area contributed by atoms with Crippen LogP contribution in [0.2, 0.25) is 0 Å². The number of methoxy groups -OCH3 is 1. The first-order valence-corrected chi connectivity index (χ1v) is 6.44. The van der Waals surface area contributed by atoms with Gasteiger partial charge in [-0.2, -0.15) is 0 Å². The van der Waals surface area contributed by atoms with Crippen LogP contribution >= 0.6 is 11.6 Å². The Labute approximate surface area is 113 Å². The minimum absolute atomic E-state index is 0.0373. The second-order valence-corrected chi connectivity index (χ2v) is 5.17. The summed E-state index contributed by atoms with van der Waals surface area (Å²) in [6.45, 7) is 4.70. The van der Waals surface area contributed by atoms with Gasteiger partial charge in [-0.25, -0.2) is 0 Å². The molecule has 0 aliphatic rings. The van der Waals surface area contributed by atoms with Gasteiger partial charge in [0, 0.05) is 19.5 Å². The Morgan fingerprint density at radius 3 is 2.50 bits per heavy atom. The predicted molar refractivity (Wildman–Crippen MR) is 73.5 cm³/mol. The van der Waals surface area contributed by atoms with E-state index in [0.29, 0.717) is 19.0 Å². The third-order valence-corrected chi connectivity index (χ3v) is 3.47. The third-order valence-electron chi connectivity index (χ3n) is 2.81. The van der Waals surface area contributed by atoms with E-state index in [-0.39, 0.29) is 5.91 Å². The van der Waals surface area contributed by atoms with E-state index < -0.39 is 5.41 Å². The average molecular weight is 270 g/mol. The summed E-state index contributed by atoms with van der Waals surface area (Å²) >= 11 is 5.77. The molecule has 0 unspecified atom stereocenters. The fraction of sp³-hybridized carbons (Fsp3) is 0.500. The molecule has 0 saturated heterocycles. The van der Waals surface area contributed by atoms with Crippen LogP contribution in [0.5, 0.6) is 0 Å². The first kappa shape index (κ1) is 15.0. The van der Waals surface area contributed by atoms with E-state index in [4.69, 9.17) is 16.3 Å². The molecule has 18 heavy (non-hydrogen) atoms. The molecule has 1 rings (SSSR count). The topological polar surface area (TPSA) is 38.3 Å². The van der Waals surface area contributed by atoms with Crippen molar-refractivity contribution in [2.45, 2.75) is 27.0 Å². The van der Waals surface area contributed by atoms with Crippen LogP contribution < -0.4 is 5.32 Å². The second kappa shape index (κ2) is 6.76. The molecule has 0 radical (unpaired) electrons. The van der Waals surface area contributed by atoms with Gasteiger partial charge >= 0.3 is 0 Å². The van der Waals surface area contributed by atoms with Crippen molar-refractivity contribution in [1.82, 2.24) is 5.32 Å². The molecule has 0 aliphatic heterocycles. The molecule has 0 atom stereocenters. The van der Waals surface area contributed by atoms with Gasteiger partial charge in [-0.15, -0.1) is 11.6 Å². The largest absolute Gasteiger partial charge is 0.380 e. The Morgan fingerprint density at radius 1 is 1.33 bits per heavy atom. The van der Waals surface area contributed by atoms with E-state index in [1.54, 1.807) is 7.11 Å². The first-order valence-electron chi connectivity index (χ1n) is 5.91. The molecule has 100 valence electrons. The Hall–Kier alpha value is -1.06. The van der Waals surface area contributed by atoms with Gasteiger partial charge in [0.2, 0.25) is 5.91 Å². The molecular weight excluding hydrogens is 250 g/mol. The number of benzene rings is 1. The number of carbonyl (C=O) groups excluding carboxylic acids is 1. The predicted octanol–water partition coefficient (Wildman–Crippen LogP) is 2.71. The number of hydrogen-bond acceptors (Lipinski definition) is 2. The van der Waals surface area contributed by atoms with Crippen molar-refractivity contribution >= 4 is 17.5 Å². The van der Waals surface area contributed by atoms with Gasteiger partial charge in [-0.05, 0) is 25.0 Å². The molecule has 0 bridgehead atoms. The monoisotopic (exact) mass is 269 g/mol. The van der Waals surface area contributed by atoms with Gasteiger partial charge in [0.25, 0.3) is 0 Å². The molecule has 0 fully saturated rings. The third kappa shape index (κ3) is 4.00. The molecule has 1 aromatic carbocycles. The van der Waals surface area contributed by atoms with Crippen molar-refractivity contribution in [3.8, 4) is 0 Å². The maximum absolute atomic E-state index is 11.9. The highest BCUT2D eigenvalue weighted by Crippen LogP contribution is 2.17. The normalized spacial score (nSPS) is 11.3. The van der Waals surface area contributed by atoms with Crippen molar-refractivity contribution in [2.75, 3.05) is 13.0 Å². The molecular formula is C14H20ClNO2. The molecule has 0 aliphatic carbocycles. The summed E-state index contributed by atoms with van der Waals surface area (Å²) in [6.07, 6.45) is 0. The van der Waals surface area contributed by atoms with Crippen LogP contribution in [0, 0.1) is 5.41 Å². The Morgan fingerprint density at radius 2 is 1.94 bits per heavy atom. The molecule has 0 aromatic heterocycles. The average Bonchev–Trinajstić information content (AvgIpc) is 2.37. The van der Waals surface area contributed by atoms with Crippen molar-refractivity contribution in [3.05, 3.63) is 35.4 Å². The molecule has 1 N–H and O–H groups in total. The zero-order valence-corrected chi connectivity index (χ0v) is 11.9. The maximum Gasteiger partial charge on any atom is 0.227 e. The first-order chi connectivity index (χ1) is 8.51. The van der Waals surface area contributed by atoms with E-state index in [0.717, 1.165) is 11.1 Å². The fourth-order valence-corrected chi connectivity index (χ4v) is 1.62. The Balaban J connectivity index is 2.66. The van der Waals surface area contributed by atoms with E-state index in [1.165, 1.54) is 0 Å². The Bertz CT molecular complexity index is 405. The van der Waals surface area contributed by atoms with Gasteiger partial charge in [-0.3, -0.25) is 4.79 Å². The van der Waals surface area contributed by atoms with E-state index in [9.17, 15) is 4.79 Å². The summed E-state index contributed by atoms with van der Waals surface area (Å²) < 4.78 is 5.13. The van der Waals surface area contributed by atoms with E-state index in [2.05, 4.69) is 5.32 Å². The summed E-state index contributed by atoms with van der Waals surface area (Å²) in [5.41, 5.74) is 1.61. The standard InChI is InChI=1S/C14H20ClNO2/c1-14(2,10-15)13(17)16-8-11-6-4-5-7-12(11)9-18-3/h4-7H,8-10H2,1-3H3,(H,16,17). The Kier molecular flexibility index (Phi) is 5.63. The number of nitrogens with one attached hydrogen (secondary N) is 1. The SMILES string of the molecule is COCc1ccccc1CNC(=O)C(C)(C)CCl. The number of ether oxygens (including phenoxy) is 1. The minimum Gasteiger partial charge on any atom is -0.380 e. The molecule has 1 amide bonds. The highest BCUT2D eigenvalue weighted by atomic mass is 35.5. The molecule has 0 saturated carbocycles. The van der Waals surface area contributed by atoms with Crippen LogP contribution in [0.1, 0.15) is 25.0 Å². The minimum atomic E-state index is -0.544. The van der Waals surface area contributed by atoms with Crippen LogP contribution in [-0.4, -0.2) is 18.9 Å². The molecule has 3 nitrogen and oxygen atoms in total.